The topological polar surface area (TPSA) is 37.8 Å². The van der Waals surface area contributed by atoms with Crippen LogP contribution in [0.2, 0.25) is 0 Å². The summed E-state index contributed by atoms with van der Waals surface area (Å²) in [5.41, 5.74) is 1.07. The average Bonchev–Trinajstić information content (AvgIpc) is 2.32. The molecule has 5 heteroatoms. The van der Waals surface area contributed by atoms with Crippen LogP contribution in [0.1, 0.15) is 38.7 Å². The van der Waals surface area contributed by atoms with Gasteiger partial charge in [0.1, 0.15) is 11.6 Å². The molecule has 1 unspecified atom stereocenters. The third-order valence-corrected chi connectivity index (χ3v) is 5.10. The van der Waals surface area contributed by atoms with E-state index in [4.69, 9.17) is 0 Å². The highest BCUT2D eigenvalue weighted by Crippen LogP contribution is 2.22. The number of hydrogen-bond acceptors (Lipinski definition) is 4. The number of halogens is 1. The predicted octanol–water partition coefficient (Wildman–Crippen LogP) is 3.85. The molecule has 1 N–H and O–H groups in total. The van der Waals surface area contributed by atoms with E-state index in [1.807, 2.05) is 18.7 Å². The second-order valence-electron chi connectivity index (χ2n) is 3.95. The van der Waals surface area contributed by atoms with Crippen LogP contribution in [-0.2, 0) is 5.75 Å². The SMILES string of the molecule is CCNc1nc(CSC(C)CC)nc(C)c1I. The van der Waals surface area contributed by atoms with Gasteiger partial charge in [0, 0.05) is 11.8 Å². The van der Waals surface area contributed by atoms with Gasteiger partial charge in [-0.2, -0.15) is 11.8 Å². The van der Waals surface area contributed by atoms with Crippen molar-refractivity contribution in [2.45, 2.75) is 45.1 Å². The Morgan fingerprint density at radius 1 is 1.35 bits per heavy atom. The van der Waals surface area contributed by atoms with E-state index in [0.717, 1.165) is 33.2 Å². The fourth-order valence-corrected chi connectivity index (χ4v) is 2.53. The molecule has 0 aliphatic rings. The van der Waals surface area contributed by atoms with Crippen molar-refractivity contribution < 1.29 is 0 Å². The summed E-state index contributed by atoms with van der Waals surface area (Å²) < 4.78 is 1.13. The molecule has 96 valence electrons. The first-order valence-electron chi connectivity index (χ1n) is 5.96. The van der Waals surface area contributed by atoms with Crippen molar-refractivity contribution in [3.05, 3.63) is 15.1 Å². The van der Waals surface area contributed by atoms with Crippen LogP contribution in [0.4, 0.5) is 5.82 Å². The number of nitrogens with zero attached hydrogens (tertiary/aromatic N) is 2. The molecular formula is C12H20IN3S. The lowest BCUT2D eigenvalue weighted by Crippen LogP contribution is -2.08. The van der Waals surface area contributed by atoms with Crippen LogP contribution in [-0.4, -0.2) is 21.8 Å². The molecule has 1 atom stereocenters. The highest BCUT2D eigenvalue weighted by molar-refractivity contribution is 14.1. The third kappa shape index (κ3) is 4.62. The Morgan fingerprint density at radius 3 is 2.65 bits per heavy atom. The van der Waals surface area contributed by atoms with E-state index in [1.165, 1.54) is 6.42 Å². The Balaban J connectivity index is 2.79. The van der Waals surface area contributed by atoms with Gasteiger partial charge in [-0.1, -0.05) is 13.8 Å². The summed E-state index contributed by atoms with van der Waals surface area (Å²) in [5.74, 6) is 2.80. The number of anilines is 1. The molecule has 1 aromatic rings. The number of rotatable bonds is 6. The number of nitrogens with one attached hydrogen (secondary N) is 1. The average molecular weight is 365 g/mol. The maximum absolute atomic E-state index is 4.58. The molecule has 1 aromatic heterocycles. The molecule has 0 aliphatic carbocycles. The first-order chi connectivity index (χ1) is 8.08. The smallest absolute Gasteiger partial charge is 0.143 e. The quantitative estimate of drug-likeness (QED) is 0.777. The third-order valence-electron chi connectivity index (χ3n) is 2.48. The lowest BCUT2D eigenvalue weighted by molar-refractivity contribution is 0.898. The van der Waals surface area contributed by atoms with Crippen molar-refractivity contribution in [1.82, 2.24) is 9.97 Å². The lowest BCUT2D eigenvalue weighted by Gasteiger charge is -2.11. The van der Waals surface area contributed by atoms with Crippen molar-refractivity contribution in [3.63, 3.8) is 0 Å². The first-order valence-corrected chi connectivity index (χ1v) is 8.09. The summed E-state index contributed by atoms with van der Waals surface area (Å²) in [7, 11) is 0. The standard InChI is InChI=1S/C12H20IN3S/c1-5-8(3)17-7-10-15-9(4)11(13)12(16-10)14-6-2/h8H,5-7H2,1-4H3,(H,14,15,16). The minimum Gasteiger partial charge on any atom is -0.369 e. The molecule has 0 aliphatic heterocycles. The summed E-state index contributed by atoms with van der Waals surface area (Å²) in [6.45, 7) is 9.48. The molecule has 0 fully saturated rings. The molecule has 0 saturated heterocycles. The zero-order valence-corrected chi connectivity index (χ0v) is 13.9. The van der Waals surface area contributed by atoms with E-state index in [1.54, 1.807) is 0 Å². The Bertz CT molecular complexity index is 371. The van der Waals surface area contributed by atoms with Gasteiger partial charge in [0.2, 0.25) is 0 Å². The molecule has 0 saturated carbocycles. The van der Waals surface area contributed by atoms with Gasteiger partial charge in [-0.05, 0) is 42.9 Å². The van der Waals surface area contributed by atoms with Crippen molar-refractivity contribution in [3.8, 4) is 0 Å². The van der Waals surface area contributed by atoms with Gasteiger partial charge in [-0.15, -0.1) is 0 Å². The van der Waals surface area contributed by atoms with Crippen molar-refractivity contribution in [1.29, 1.82) is 0 Å². The zero-order chi connectivity index (χ0) is 12.8. The highest BCUT2D eigenvalue weighted by atomic mass is 127. The Morgan fingerprint density at radius 2 is 2.06 bits per heavy atom. The molecule has 0 radical (unpaired) electrons. The van der Waals surface area contributed by atoms with Gasteiger partial charge in [-0.25, -0.2) is 9.97 Å². The maximum Gasteiger partial charge on any atom is 0.143 e. The molecule has 0 aromatic carbocycles. The summed E-state index contributed by atoms with van der Waals surface area (Å²) in [6, 6.07) is 0. The monoisotopic (exact) mass is 365 g/mol. The van der Waals surface area contributed by atoms with Crippen LogP contribution in [0.3, 0.4) is 0 Å². The van der Waals surface area contributed by atoms with E-state index < -0.39 is 0 Å². The maximum atomic E-state index is 4.58. The summed E-state index contributed by atoms with van der Waals surface area (Å²) in [5, 5.41) is 3.96. The van der Waals surface area contributed by atoms with Gasteiger partial charge in [0.05, 0.1) is 15.0 Å². The number of aromatic nitrogens is 2. The van der Waals surface area contributed by atoms with Gasteiger partial charge >= 0.3 is 0 Å². The molecule has 1 heterocycles. The second kappa shape index (κ2) is 7.41. The molecule has 17 heavy (non-hydrogen) atoms. The zero-order valence-electron chi connectivity index (χ0n) is 10.9. The van der Waals surface area contributed by atoms with Crippen LogP contribution in [0, 0.1) is 10.5 Å². The van der Waals surface area contributed by atoms with Crippen LogP contribution in [0.5, 0.6) is 0 Å². The van der Waals surface area contributed by atoms with Gasteiger partial charge in [0.25, 0.3) is 0 Å². The van der Waals surface area contributed by atoms with Gasteiger partial charge in [-0.3, -0.25) is 0 Å². The fraction of sp³-hybridized carbons (Fsp3) is 0.667. The minimum atomic E-state index is 0.667. The molecule has 0 spiro atoms. The van der Waals surface area contributed by atoms with E-state index in [-0.39, 0.29) is 0 Å². The number of hydrogen-bond donors (Lipinski definition) is 1. The van der Waals surface area contributed by atoms with Crippen molar-refractivity contribution in [2.75, 3.05) is 11.9 Å². The Hall–Kier alpha value is -0.0400. The summed E-state index contributed by atoms with van der Waals surface area (Å²) >= 11 is 4.22. The minimum absolute atomic E-state index is 0.667. The van der Waals surface area contributed by atoms with Crippen LogP contribution < -0.4 is 5.32 Å². The van der Waals surface area contributed by atoms with E-state index in [0.29, 0.717) is 5.25 Å². The summed E-state index contributed by atoms with van der Waals surface area (Å²) in [4.78, 5) is 9.12. The predicted molar refractivity (Wildman–Crippen MR) is 84.7 cm³/mol. The van der Waals surface area contributed by atoms with Crippen LogP contribution >= 0.6 is 34.4 Å². The number of aryl methyl sites for hydroxylation is 1. The fourth-order valence-electron chi connectivity index (χ4n) is 1.30. The molecule has 0 amide bonds. The molecule has 3 nitrogen and oxygen atoms in total. The molecule has 0 bridgehead atoms. The van der Waals surface area contributed by atoms with E-state index >= 15 is 0 Å². The van der Waals surface area contributed by atoms with Crippen LogP contribution in [0.25, 0.3) is 0 Å². The molecular weight excluding hydrogens is 345 g/mol. The van der Waals surface area contributed by atoms with E-state index in [2.05, 4.69) is 58.6 Å². The summed E-state index contributed by atoms with van der Waals surface area (Å²) in [6.07, 6.45) is 1.19. The lowest BCUT2D eigenvalue weighted by atomic mass is 10.4. The second-order valence-corrected chi connectivity index (χ2v) is 6.45. The van der Waals surface area contributed by atoms with Gasteiger partial charge in [0.15, 0.2) is 0 Å². The van der Waals surface area contributed by atoms with Crippen molar-refractivity contribution in [2.24, 2.45) is 0 Å². The van der Waals surface area contributed by atoms with Crippen LogP contribution in [0.15, 0.2) is 0 Å². The van der Waals surface area contributed by atoms with Crippen molar-refractivity contribution >= 4 is 40.2 Å². The Kier molecular flexibility index (Phi) is 6.54. The van der Waals surface area contributed by atoms with E-state index in [9.17, 15) is 0 Å². The Labute approximate surface area is 122 Å². The normalized spacial score (nSPS) is 12.5. The molecule has 1 rings (SSSR count). The largest absolute Gasteiger partial charge is 0.369 e. The van der Waals surface area contributed by atoms with Gasteiger partial charge < -0.3 is 5.32 Å². The first kappa shape index (κ1) is 15.0. The number of thioether (sulfide) groups is 1. The highest BCUT2D eigenvalue weighted by Gasteiger charge is 2.09.